The van der Waals surface area contributed by atoms with Gasteiger partial charge in [-0.1, -0.05) is 77.4 Å². The smallest absolute Gasteiger partial charge is 0.261 e. The van der Waals surface area contributed by atoms with Crippen molar-refractivity contribution < 1.29 is 13.2 Å². The van der Waals surface area contributed by atoms with Gasteiger partial charge < -0.3 is 4.74 Å². The topological polar surface area (TPSA) is 55.4 Å². The Balaban J connectivity index is 1.54. The molecule has 0 radical (unpaired) electrons. The molecule has 0 bridgehead atoms. The predicted octanol–water partition coefficient (Wildman–Crippen LogP) is 7.84. The van der Waals surface area contributed by atoms with E-state index in [0.717, 1.165) is 46.9 Å². The fraction of sp³-hybridized carbons (Fsp3) is 0.467. The van der Waals surface area contributed by atoms with Gasteiger partial charge in [0.2, 0.25) is 0 Å². The minimum atomic E-state index is -3.72. The number of benzene rings is 3. The molecule has 0 amide bonds. The van der Waals surface area contributed by atoms with Gasteiger partial charge in [-0.3, -0.25) is 4.72 Å². The van der Waals surface area contributed by atoms with Crippen molar-refractivity contribution >= 4 is 26.5 Å². The summed E-state index contributed by atoms with van der Waals surface area (Å²) in [7, 11) is -3.72. The van der Waals surface area contributed by atoms with Crippen LogP contribution in [0.2, 0.25) is 0 Å². The Morgan fingerprint density at radius 3 is 2.37 bits per heavy atom. The van der Waals surface area contributed by atoms with Crippen LogP contribution in [0.1, 0.15) is 83.3 Å². The van der Waals surface area contributed by atoms with E-state index in [2.05, 4.69) is 39.3 Å². The fourth-order valence-electron chi connectivity index (χ4n) is 5.86. The van der Waals surface area contributed by atoms with Crippen molar-refractivity contribution in [2.75, 3.05) is 4.72 Å². The molecule has 1 fully saturated rings. The molecule has 3 atom stereocenters. The summed E-state index contributed by atoms with van der Waals surface area (Å²) < 4.78 is 36.2. The highest BCUT2D eigenvalue weighted by Gasteiger charge is 2.44. The van der Waals surface area contributed by atoms with Gasteiger partial charge in [0.25, 0.3) is 10.0 Å². The van der Waals surface area contributed by atoms with Crippen molar-refractivity contribution in [3.05, 3.63) is 65.7 Å². The van der Waals surface area contributed by atoms with Crippen LogP contribution in [-0.4, -0.2) is 14.5 Å². The SMILES string of the molecule is CCC(C)(C)[C@@H]1CC[C@H]2Oc3c(cc(NS(=O)(=O)c4ccc(C(C)C)cc4)c4ccccc34)[C@H]2C1. The molecule has 0 spiro atoms. The summed E-state index contributed by atoms with van der Waals surface area (Å²) in [5, 5.41) is 1.86. The molecule has 3 aromatic carbocycles. The van der Waals surface area contributed by atoms with Gasteiger partial charge >= 0.3 is 0 Å². The minimum absolute atomic E-state index is 0.174. The monoisotopic (exact) mass is 491 g/mol. The average Bonchev–Trinajstić information content (AvgIpc) is 3.22. The van der Waals surface area contributed by atoms with Crippen molar-refractivity contribution in [2.45, 2.75) is 83.1 Å². The van der Waals surface area contributed by atoms with Gasteiger partial charge in [0.05, 0.1) is 10.6 Å². The Morgan fingerprint density at radius 1 is 1.03 bits per heavy atom. The van der Waals surface area contributed by atoms with E-state index < -0.39 is 10.0 Å². The number of hydrogen-bond donors (Lipinski definition) is 1. The van der Waals surface area contributed by atoms with Crippen molar-refractivity contribution in [1.82, 2.24) is 0 Å². The van der Waals surface area contributed by atoms with E-state index in [1.165, 1.54) is 6.42 Å². The van der Waals surface area contributed by atoms with Gasteiger partial charge in [-0.05, 0) is 60.3 Å². The van der Waals surface area contributed by atoms with Gasteiger partial charge in [-0.15, -0.1) is 0 Å². The molecular weight excluding hydrogens is 454 g/mol. The minimum Gasteiger partial charge on any atom is -0.489 e. The largest absolute Gasteiger partial charge is 0.489 e. The molecule has 4 nitrogen and oxygen atoms in total. The molecule has 0 saturated heterocycles. The zero-order chi connectivity index (χ0) is 25.0. The molecule has 5 heteroatoms. The van der Waals surface area contributed by atoms with Crippen LogP contribution in [0.25, 0.3) is 10.8 Å². The Labute approximate surface area is 210 Å². The molecule has 0 unspecified atom stereocenters. The molecular formula is C30H37NO3S. The predicted molar refractivity (Wildman–Crippen MR) is 144 cm³/mol. The Kier molecular flexibility index (Phi) is 6.11. The van der Waals surface area contributed by atoms with Crippen LogP contribution in [0.4, 0.5) is 5.69 Å². The average molecular weight is 492 g/mol. The highest BCUT2D eigenvalue weighted by molar-refractivity contribution is 7.92. The van der Waals surface area contributed by atoms with Gasteiger partial charge in [0.15, 0.2) is 0 Å². The first-order chi connectivity index (χ1) is 16.6. The maximum Gasteiger partial charge on any atom is 0.261 e. The van der Waals surface area contributed by atoms with E-state index in [1.54, 1.807) is 12.1 Å². The number of fused-ring (bicyclic) bond motifs is 5. The van der Waals surface area contributed by atoms with Crippen molar-refractivity contribution in [3.8, 4) is 5.75 Å². The molecule has 1 heterocycles. The summed E-state index contributed by atoms with van der Waals surface area (Å²) in [4.78, 5) is 0.281. The highest BCUT2D eigenvalue weighted by Crippen LogP contribution is 2.54. The number of anilines is 1. The van der Waals surface area contributed by atoms with E-state index in [0.29, 0.717) is 23.4 Å². The molecule has 35 heavy (non-hydrogen) atoms. The zero-order valence-electron chi connectivity index (χ0n) is 21.5. The van der Waals surface area contributed by atoms with Crippen LogP contribution < -0.4 is 9.46 Å². The first-order valence-electron chi connectivity index (χ1n) is 13.0. The van der Waals surface area contributed by atoms with E-state index in [-0.39, 0.29) is 16.4 Å². The zero-order valence-corrected chi connectivity index (χ0v) is 22.3. The second kappa shape index (κ2) is 8.85. The number of rotatable bonds is 6. The third-order valence-electron chi connectivity index (χ3n) is 8.60. The Hall–Kier alpha value is -2.53. The lowest BCUT2D eigenvalue weighted by atomic mass is 9.65. The van der Waals surface area contributed by atoms with Crippen LogP contribution in [-0.2, 0) is 10.0 Å². The number of hydrogen-bond acceptors (Lipinski definition) is 3. The summed E-state index contributed by atoms with van der Waals surface area (Å²) in [5.41, 5.74) is 3.19. The summed E-state index contributed by atoms with van der Waals surface area (Å²) in [6.45, 7) is 11.2. The maximum atomic E-state index is 13.4. The fourth-order valence-corrected chi connectivity index (χ4v) is 6.93. The van der Waals surface area contributed by atoms with Crippen molar-refractivity contribution in [2.24, 2.45) is 11.3 Å². The van der Waals surface area contributed by atoms with Gasteiger partial charge in [-0.25, -0.2) is 8.42 Å². The number of nitrogens with one attached hydrogen (secondary N) is 1. The van der Waals surface area contributed by atoms with Crippen LogP contribution in [0.3, 0.4) is 0 Å². The molecule has 0 aromatic heterocycles. The van der Waals surface area contributed by atoms with Crippen molar-refractivity contribution in [1.29, 1.82) is 0 Å². The number of ether oxygens (including phenoxy) is 1. The molecule has 5 rings (SSSR count). The van der Waals surface area contributed by atoms with Crippen molar-refractivity contribution in [3.63, 3.8) is 0 Å². The van der Waals surface area contributed by atoms with Crippen LogP contribution in [0.5, 0.6) is 5.75 Å². The van der Waals surface area contributed by atoms with Crippen LogP contribution in [0, 0.1) is 11.3 Å². The first-order valence-corrected chi connectivity index (χ1v) is 14.4. The molecule has 1 aliphatic heterocycles. The van der Waals surface area contributed by atoms with Gasteiger partial charge in [0.1, 0.15) is 11.9 Å². The lowest BCUT2D eigenvalue weighted by Gasteiger charge is -2.40. The summed E-state index contributed by atoms with van der Waals surface area (Å²) in [6, 6.07) is 17.2. The number of sulfonamides is 1. The molecule has 186 valence electrons. The molecule has 1 N–H and O–H groups in total. The molecule has 1 aliphatic carbocycles. The second-order valence-corrected chi connectivity index (χ2v) is 13.0. The highest BCUT2D eigenvalue weighted by atomic mass is 32.2. The third kappa shape index (κ3) is 4.33. The van der Waals surface area contributed by atoms with Gasteiger partial charge in [-0.2, -0.15) is 0 Å². The quantitative estimate of drug-likeness (QED) is 0.382. The third-order valence-corrected chi connectivity index (χ3v) is 9.98. The molecule has 3 aromatic rings. The van der Waals surface area contributed by atoms with E-state index in [1.807, 2.05) is 42.5 Å². The van der Waals surface area contributed by atoms with E-state index in [4.69, 9.17) is 4.74 Å². The molecule has 2 aliphatic rings. The standard InChI is InChI=1S/C30H37NO3S/c1-6-30(4,5)21-13-16-28-25(17-21)26-18-27(23-9-7-8-10-24(23)29(26)34-28)31-35(32,33)22-14-11-20(12-15-22)19(2)3/h7-12,14-15,18-19,21,25,28,31H,6,13,16-17H2,1-5H3/t21-,25-,28-/m1/s1. The Morgan fingerprint density at radius 2 is 1.71 bits per heavy atom. The summed E-state index contributed by atoms with van der Waals surface area (Å²) >= 11 is 0. The van der Waals surface area contributed by atoms with Gasteiger partial charge in [0, 0.05) is 22.3 Å². The van der Waals surface area contributed by atoms with Crippen LogP contribution in [0.15, 0.2) is 59.5 Å². The normalized spacial score (nSPS) is 22.1. The lowest BCUT2D eigenvalue weighted by molar-refractivity contribution is 0.0784. The second-order valence-electron chi connectivity index (χ2n) is 11.3. The first kappa shape index (κ1) is 24.2. The van der Waals surface area contributed by atoms with E-state index >= 15 is 0 Å². The summed E-state index contributed by atoms with van der Waals surface area (Å²) in [5.74, 6) is 2.22. The molecule has 1 saturated carbocycles. The lowest BCUT2D eigenvalue weighted by Crippen LogP contribution is -2.34. The maximum absolute atomic E-state index is 13.4. The Bertz CT molecular complexity index is 1340. The summed E-state index contributed by atoms with van der Waals surface area (Å²) in [6.07, 6.45) is 4.64. The van der Waals surface area contributed by atoms with E-state index in [9.17, 15) is 8.42 Å². The van der Waals surface area contributed by atoms with Crippen LogP contribution >= 0.6 is 0 Å².